The number of amides is 1. The Hall–Kier alpha value is -2.36. The molecule has 7 nitrogen and oxygen atoms in total. The second-order valence-electron chi connectivity index (χ2n) is 6.05. The van der Waals surface area contributed by atoms with Crippen LogP contribution in [0.1, 0.15) is 13.3 Å². The van der Waals surface area contributed by atoms with E-state index in [0.717, 1.165) is 11.9 Å². The van der Waals surface area contributed by atoms with Crippen LogP contribution in [-0.4, -0.2) is 30.8 Å². The van der Waals surface area contributed by atoms with E-state index in [0.29, 0.717) is 32.9 Å². The maximum atomic E-state index is 12.7. The molecule has 3 aromatic heterocycles. The summed E-state index contributed by atoms with van der Waals surface area (Å²) in [6, 6.07) is 8.81. The number of anilines is 1. The van der Waals surface area contributed by atoms with Gasteiger partial charge in [0.15, 0.2) is 5.16 Å². The van der Waals surface area contributed by atoms with E-state index in [9.17, 15) is 9.59 Å². The second kappa shape index (κ2) is 7.94. The molecule has 144 valence electrons. The molecule has 1 N–H and O–H groups in total. The van der Waals surface area contributed by atoms with Crippen molar-refractivity contribution in [1.29, 1.82) is 0 Å². The van der Waals surface area contributed by atoms with E-state index in [2.05, 4.69) is 15.5 Å². The summed E-state index contributed by atoms with van der Waals surface area (Å²) in [6.07, 6.45) is 0.811. The van der Waals surface area contributed by atoms with Gasteiger partial charge in [0, 0.05) is 17.3 Å². The minimum Gasteiger partial charge on any atom is -0.325 e. The maximum absolute atomic E-state index is 12.7. The lowest BCUT2D eigenvalue weighted by molar-refractivity contribution is -0.113. The van der Waals surface area contributed by atoms with Gasteiger partial charge in [-0.25, -0.2) is 0 Å². The van der Waals surface area contributed by atoms with Crippen LogP contribution in [0.25, 0.3) is 16.0 Å². The van der Waals surface area contributed by atoms with E-state index in [1.54, 1.807) is 28.8 Å². The highest BCUT2D eigenvalue weighted by atomic mass is 35.5. The van der Waals surface area contributed by atoms with Crippen molar-refractivity contribution in [1.82, 2.24) is 19.2 Å². The van der Waals surface area contributed by atoms with Crippen LogP contribution >= 0.6 is 34.7 Å². The third-order valence-corrected chi connectivity index (χ3v) is 6.16. The number of carbonyl (C=O) groups excluding carboxylic acids is 1. The Kier molecular flexibility index (Phi) is 5.38. The fraction of sp³-hybridized carbons (Fsp3) is 0.222. The van der Waals surface area contributed by atoms with Gasteiger partial charge in [0.2, 0.25) is 11.7 Å². The second-order valence-corrected chi connectivity index (χ2v) is 8.35. The predicted octanol–water partition coefficient (Wildman–Crippen LogP) is 3.90. The SMILES string of the molecule is CCCn1c(=O)c2sccc2n2c(SCC(=O)Nc3ccc(Cl)cc3)nnc12. The number of nitrogens with zero attached hydrogens (tertiary/aromatic N) is 4. The molecule has 0 fully saturated rings. The number of thioether (sulfide) groups is 1. The summed E-state index contributed by atoms with van der Waals surface area (Å²) in [4.78, 5) is 25.0. The summed E-state index contributed by atoms with van der Waals surface area (Å²) >= 11 is 8.54. The van der Waals surface area contributed by atoms with Crippen molar-refractivity contribution in [2.75, 3.05) is 11.1 Å². The zero-order valence-electron chi connectivity index (χ0n) is 14.9. The van der Waals surface area contributed by atoms with Crippen molar-refractivity contribution < 1.29 is 4.79 Å². The Bertz CT molecular complexity index is 1210. The van der Waals surface area contributed by atoms with Crippen LogP contribution in [-0.2, 0) is 11.3 Å². The van der Waals surface area contributed by atoms with Crippen molar-refractivity contribution in [2.45, 2.75) is 25.0 Å². The molecule has 28 heavy (non-hydrogen) atoms. The number of rotatable bonds is 6. The van der Waals surface area contributed by atoms with Crippen molar-refractivity contribution in [3.63, 3.8) is 0 Å². The molecule has 1 amide bonds. The Balaban J connectivity index is 1.61. The average molecular weight is 434 g/mol. The first-order valence-corrected chi connectivity index (χ1v) is 10.9. The molecule has 0 spiro atoms. The van der Waals surface area contributed by atoms with Crippen molar-refractivity contribution in [3.05, 3.63) is 51.1 Å². The molecule has 0 aliphatic carbocycles. The maximum Gasteiger partial charge on any atom is 0.272 e. The van der Waals surface area contributed by atoms with Gasteiger partial charge in [-0.15, -0.1) is 21.5 Å². The Morgan fingerprint density at radius 2 is 2.04 bits per heavy atom. The summed E-state index contributed by atoms with van der Waals surface area (Å²) in [5.74, 6) is 0.507. The van der Waals surface area contributed by atoms with Crippen LogP contribution < -0.4 is 10.9 Å². The van der Waals surface area contributed by atoms with Gasteiger partial charge in [0.1, 0.15) is 4.70 Å². The summed E-state index contributed by atoms with van der Waals surface area (Å²) in [5.41, 5.74) is 1.39. The van der Waals surface area contributed by atoms with Crippen LogP contribution in [0.3, 0.4) is 0 Å². The van der Waals surface area contributed by atoms with Gasteiger partial charge < -0.3 is 5.32 Å². The number of fused-ring (bicyclic) bond motifs is 3. The fourth-order valence-electron chi connectivity index (χ4n) is 2.88. The summed E-state index contributed by atoms with van der Waals surface area (Å²) in [7, 11) is 0. The first-order valence-electron chi connectivity index (χ1n) is 8.62. The molecule has 0 aliphatic heterocycles. The molecule has 0 aliphatic rings. The standard InChI is InChI=1S/C18H16ClN5O2S2/c1-2-8-23-16(26)15-13(7-9-27-15)24-17(23)21-22-18(24)28-10-14(25)20-12-5-3-11(19)4-6-12/h3-7,9H,2,8,10H2,1H3,(H,20,25). The number of hydrogen-bond donors (Lipinski definition) is 1. The van der Waals surface area contributed by atoms with E-state index in [-0.39, 0.29) is 17.2 Å². The minimum absolute atomic E-state index is 0.0521. The Morgan fingerprint density at radius 1 is 1.25 bits per heavy atom. The zero-order chi connectivity index (χ0) is 19.7. The van der Waals surface area contributed by atoms with Crippen LogP contribution in [0.15, 0.2) is 45.7 Å². The zero-order valence-corrected chi connectivity index (χ0v) is 17.3. The van der Waals surface area contributed by atoms with Crippen LogP contribution in [0.5, 0.6) is 0 Å². The highest BCUT2D eigenvalue weighted by molar-refractivity contribution is 7.99. The van der Waals surface area contributed by atoms with Gasteiger partial charge in [-0.1, -0.05) is 30.3 Å². The fourth-order valence-corrected chi connectivity index (χ4v) is 4.57. The Labute approximate surface area is 173 Å². The third-order valence-electron chi connectivity index (χ3n) is 4.09. The van der Waals surface area contributed by atoms with Crippen LogP contribution in [0, 0.1) is 0 Å². The molecule has 0 saturated carbocycles. The van der Waals surface area contributed by atoms with E-state index in [4.69, 9.17) is 11.6 Å². The lowest BCUT2D eigenvalue weighted by Gasteiger charge is -2.08. The highest BCUT2D eigenvalue weighted by Gasteiger charge is 2.18. The molecule has 0 saturated heterocycles. The average Bonchev–Trinajstić information content (AvgIpc) is 3.32. The number of thiophene rings is 1. The normalized spacial score (nSPS) is 11.4. The van der Waals surface area contributed by atoms with Gasteiger partial charge in [-0.05, 0) is 42.1 Å². The number of aryl methyl sites for hydroxylation is 1. The molecule has 3 heterocycles. The van der Waals surface area contributed by atoms with Gasteiger partial charge in [-0.2, -0.15) is 0 Å². The first-order chi connectivity index (χ1) is 13.6. The monoisotopic (exact) mass is 433 g/mol. The summed E-state index contributed by atoms with van der Waals surface area (Å²) in [6.45, 7) is 2.57. The van der Waals surface area contributed by atoms with Gasteiger partial charge >= 0.3 is 0 Å². The molecule has 0 radical (unpaired) electrons. The Morgan fingerprint density at radius 3 is 2.79 bits per heavy atom. The molecule has 10 heteroatoms. The number of nitrogens with one attached hydrogen (secondary N) is 1. The summed E-state index contributed by atoms with van der Waals surface area (Å²) < 4.78 is 4.15. The highest BCUT2D eigenvalue weighted by Crippen LogP contribution is 2.24. The largest absolute Gasteiger partial charge is 0.325 e. The van der Waals surface area contributed by atoms with E-state index >= 15 is 0 Å². The smallest absolute Gasteiger partial charge is 0.272 e. The number of carbonyl (C=O) groups is 1. The lowest BCUT2D eigenvalue weighted by atomic mass is 10.3. The van der Waals surface area contributed by atoms with Gasteiger partial charge in [0.25, 0.3) is 5.56 Å². The van der Waals surface area contributed by atoms with E-state index < -0.39 is 0 Å². The lowest BCUT2D eigenvalue weighted by Crippen LogP contribution is -2.22. The molecule has 0 unspecified atom stereocenters. The van der Waals surface area contributed by atoms with E-state index in [1.165, 1.54) is 23.1 Å². The van der Waals surface area contributed by atoms with E-state index in [1.807, 2.05) is 22.8 Å². The van der Waals surface area contributed by atoms with Crippen molar-refractivity contribution in [3.8, 4) is 0 Å². The molecule has 4 rings (SSSR count). The number of hydrogen-bond acceptors (Lipinski definition) is 6. The number of benzene rings is 1. The molecular weight excluding hydrogens is 418 g/mol. The third kappa shape index (κ3) is 3.52. The quantitative estimate of drug-likeness (QED) is 0.466. The molecule has 4 aromatic rings. The van der Waals surface area contributed by atoms with Gasteiger partial charge in [0.05, 0.1) is 11.3 Å². The van der Waals surface area contributed by atoms with Crippen molar-refractivity contribution >= 4 is 62.3 Å². The molecule has 0 atom stereocenters. The van der Waals surface area contributed by atoms with Crippen molar-refractivity contribution in [2.24, 2.45) is 0 Å². The van der Waals surface area contributed by atoms with Crippen LogP contribution in [0.4, 0.5) is 5.69 Å². The number of aromatic nitrogens is 4. The van der Waals surface area contributed by atoms with Crippen LogP contribution in [0.2, 0.25) is 5.02 Å². The summed E-state index contributed by atoms with van der Waals surface area (Å²) in [5, 5.41) is 14.3. The number of halogens is 1. The van der Waals surface area contributed by atoms with Gasteiger partial charge in [-0.3, -0.25) is 18.6 Å². The molecule has 0 bridgehead atoms. The molecule has 1 aromatic carbocycles. The first kappa shape index (κ1) is 19.0. The topological polar surface area (TPSA) is 81.3 Å². The molecular formula is C18H16ClN5O2S2. The minimum atomic E-state index is -0.160. The predicted molar refractivity (Wildman–Crippen MR) is 114 cm³/mol.